The van der Waals surface area contributed by atoms with Crippen molar-refractivity contribution in [2.24, 2.45) is 0 Å². The Bertz CT molecular complexity index is 596. The minimum atomic E-state index is -0.958. The molecule has 1 aromatic heterocycles. The van der Waals surface area contributed by atoms with Crippen LogP contribution >= 0.6 is 0 Å². The summed E-state index contributed by atoms with van der Waals surface area (Å²) in [6.45, 7) is 1.98. The number of fused-ring (bicyclic) bond motifs is 1. The zero-order chi connectivity index (χ0) is 12.4. The van der Waals surface area contributed by atoms with Gasteiger partial charge in [0.15, 0.2) is 0 Å². The predicted molar refractivity (Wildman–Crippen MR) is 66.3 cm³/mol. The minimum absolute atomic E-state index is 0.751. The van der Waals surface area contributed by atoms with E-state index >= 15 is 0 Å². The number of carbonyl (C=O) groups is 1. The van der Waals surface area contributed by atoms with Gasteiger partial charge in [-0.05, 0) is 24.6 Å². The van der Waals surface area contributed by atoms with Crippen molar-refractivity contribution in [2.75, 3.05) is 7.11 Å². The van der Waals surface area contributed by atoms with Gasteiger partial charge in [-0.2, -0.15) is 0 Å². The third-order valence-electron chi connectivity index (χ3n) is 2.66. The summed E-state index contributed by atoms with van der Waals surface area (Å²) in [5.41, 5.74) is 2.81. The summed E-state index contributed by atoms with van der Waals surface area (Å²) in [5.74, 6) is -0.208. The lowest BCUT2D eigenvalue weighted by Crippen LogP contribution is -1.87. The molecule has 2 N–H and O–H groups in total. The molecule has 2 rings (SSSR count). The maximum Gasteiger partial charge on any atom is 0.328 e. The standard InChI is InChI=1S/C13H13NO3/c1-8-3-5-10(17-2)13-12(8)9(7-14-13)4-6-11(15)16/h3-7,14H,1-2H3,(H,15,16)/b6-4+. The van der Waals surface area contributed by atoms with Crippen LogP contribution in [0.25, 0.3) is 17.0 Å². The highest BCUT2D eigenvalue weighted by atomic mass is 16.5. The molecule has 4 nitrogen and oxygen atoms in total. The second kappa shape index (κ2) is 4.33. The fourth-order valence-corrected chi connectivity index (χ4v) is 1.89. The lowest BCUT2D eigenvalue weighted by Gasteiger charge is -2.04. The summed E-state index contributed by atoms with van der Waals surface area (Å²) in [6, 6.07) is 3.84. The Morgan fingerprint density at radius 1 is 1.47 bits per heavy atom. The van der Waals surface area contributed by atoms with Crippen LogP contribution in [0.5, 0.6) is 5.75 Å². The number of nitrogens with one attached hydrogen (secondary N) is 1. The Morgan fingerprint density at radius 3 is 2.88 bits per heavy atom. The molecule has 4 heteroatoms. The maximum atomic E-state index is 10.5. The molecule has 0 aliphatic rings. The van der Waals surface area contributed by atoms with Crippen LogP contribution in [-0.4, -0.2) is 23.2 Å². The topological polar surface area (TPSA) is 62.3 Å². The van der Waals surface area contributed by atoms with E-state index in [0.29, 0.717) is 0 Å². The number of aryl methyl sites for hydroxylation is 1. The van der Waals surface area contributed by atoms with Crippen molar-refractivity contribution < 1.29 is 14.6 Å². The molecule has 0 fully saturated rings. The predicted octanol–water partition coefficient (Wildman–Crippen LogP) is 2.58. The molecule has 2 aromatic rings. The van der Waals surface area contributed by atoms with Crippen molar-refractivity contribution in [3.8, 4) is 5.75 Å². The Hall–Kier alpha value is -2.23. The number of carboxylic acid groups (broad SMARTS) is 1. The summed E-state index contributed by atoms with van der Waals surface area (Å²) < 4.78 is 5.25. The summed E-state index contributed by atoms with van der Waals surface area (Å²) >= 11 is 0. The summed E-state index contributed by atoms with van der Waals surface area (Å²) in [5, 5.41) is 9.62. The van der Waals surface area contributed by atoms with E-state index < -0.39 is 5.97 Å². The highest BCUT2D eigenvalue weighted by Gasteiger charge is 2.09. The highest BCUT2D eigenvalue weighted by molar-refractivity contribution is 5.97. The van der Waals surface area contributed by atoms with Gasteiger partial charge in [0.1, 0.15) is 5.75 Å². The van der Waals surface area contributed by atoms with Crippen LogP contribution in [0.2, 0.25) is 0 Å². The van der Waals surface area contributed by atoms with Gasteiger partial charge in [-0.3, -0.25) is 0 Å². The Morgan fingerprint density at radius 2 is 2.24 bits per heavy atom. The van der Waals surface area contributed by atoms with Gasteiger partial charge in [-0.25, -0.2) is 4.79 Å². The number of aliphatic carboxylic acids is 1. The molecule has 17 heavy (non-hydrogen) atoms. The van der Waals surface area contributed by atoms with Crippen LogP contribution < -0.4 is 4.74 Å². The molecule has 0 atom stereocenters. The Balaban J connectivity index is 2.63. The van der Waals surface area contributed by atoms with Crippen molar-refractivity contribution >= 4 is 22.9 Å². The van der Waals surface area contributed by atoms with E-state index in [9.17, 15) is 4.79 Å². The van der Waals surface area contributed by atoms with Crippen molar-refractivity contribution in [1.29, 1.82) is 0 Å². The number of H-pyrrole nitrogens is 1. The highest BCUT2D eigenvalue weighted by Crippen LogP contribution is 2.30. The number of ether oxygens (including phenoxy) is 1. The number of hydrogen-bond donors (Lipinski definition) is 2. The smallest absolute Gasteiger partial charge is 0.328 e. The molecule has 0 saturated heterocycles. The van der Waals surface area contributed by atoms with Crippen molar-refractivity contribution in [3.63, 3.8) is 0 Å². The van der Waals surface area contributed by atoms with Crippen LogP contribution in [0.4, 0.5) is 0 Å². The third-order valence-corrected chi connectivity index (χ3v) is 2.66. The van der Waals surface area contributed by atoms with E-state index in [0.717, 1.165) is 33.9 Å². The first kappa shape index (κ1) is 11.3. The molecule has 0 spiro atoms. The molecular weight excluding hydrogens is 218 g/mol. The lowest BCUT2D eigenvalue weighted by atomic mass is 10.1. The second-order valence-electron chi connectivity index (χ2n) is 3.75. The zero-order valence-corrected chi connectivity index (χ0v) is 9.65. The largest absolute Gasteiger partial charge is 0.495 e. The number of hydrogen-bond acceptors (Lipinski definition) is 2. The van der Waals surface area contributed by atoms with Crippen LogP contribution in [0.1, 0.15) is 11.1 Å². The van der Waals surface area contributed by atoms with Crippen LogP contribution in [0.15, 0.2) is 24.4 Å². The molecule has 0 aliphatic heterocycles. The van der Waals surface area contributed by atoms with Gasteiger partial charge in [0.2, 0.25) is 0 Å². The molecule has 88 valence electrons. The molecule has 0 aliphatic carbocycles. The third kappa shape index (κ3) is 2.01. The van der Waals surface area contributed by atoms with Crippen molar-refractivity contribution in [2.45, 2.75) is 6.92 Å². The Labute approximate surface area is 98.5 Å². The van der Waals surface area contributed by atoms with Gasteiger partial charge in [0.25, 0.3) is 0 Å². The Kier molecular flexibility index (Phi) is 2.87. The molecule has 0 unspecified atom stereocenters. The van der Waals surface area contributed by atoms with Crippen molar-refractivity contribution in [1.82, 2.24) is 4.98 Å². The molecule has 0 radical (unpaired) electrons. The molecule has 1 heterocycles. The number of aromatic nitrogens is 1. The van der Waals surface area contributed by atoms with E-state index in [1.807, 2.05) is 19.1 Å². The van der Waals surface area contributed by atoms with Gasteiger partial charge in [0.05, 0.1) is 12.6 Å². The first-order valence-electron chi connectivity index (χ1n) is 5.19. The minimum Gasteiger partial charge on any atom is -0.495 e. The average molecular weight is 231 g/mol. The molecule has 1 aromatic carbocycles. The quantitative estimate of drug-likeness (QED) is 0.798. The lowest BCUT2D eigenvalue weighted by molar-refractivity contribution is -0.131. The number of methoxy groups -OCH3 is 1. The van der Waals surface area contributed by atoms with Gasteiger partial charge in [-0.1, -0.05) is 6.07 Å². The summed E-state index contributed by atoms with van der Waals surface area (Å²) in [7, 11) is 1.61. The van der Waals surface area contributed by atoms with Crippen LogP contribution in [0, 0.1) is 6.92 Å². The number of carboxylic acids is 1. The number of aromatic amines is 1. The van der Waals surface area contributed by atoms with Gasteiger partial charge in [-0.15, -0.1) is 0 Å². The second-order valence-corrected chi connectivity index (χ2v) is 3.75. The van der Waals surface area contributed by atoms with E-state index in [1.165, 1.54) is 0 Å². The fraction of sp³-hybridized carbons (Fsp3) is 0.154. The van der Waals surface area contributed by atoms with E-state index in [2.05, 4.69) is 4.98 Å². The van der Waals surface area contributed by atoms with Gasteiger partial charge >= 0.3 is 5.97 Å². The maximum absolute atomic E-state index is 10.5. The van der Waals surface area contributed by atoms with Crippen molar-refractivity contribution in [3.05, 3.63) is 35.5 Å². The summed E-state index contributed by atoms with van der Waals surface area (Å²) in [6.07, 6.45) is 4.48. The van der Waals surface area contributed by atoms with Gasteiger partial charge in [0, 0.05) is 23.2 Å². The van der Waals surface area contributed by atoms with Crippen LogP contribution in [0.3, 0.4) is 0 Å². The van der Waals surface area contributed by atoms with Gasteiger partial charge < -0.3 is 14.8 Å². The first-order valence-corrected chi connectivity index (χ1v) is 5.19. The van der Waals surface area contributed by atoms with E-state index in [4.69, 9.17) is 9.84 Å². The van der Waals surface area contributed by atoms with Crippen LogP contribution in [-0.2, 0) is 4.79 Å². The van der Waals surface area contributed by atoms with E-state index in [1.54, 1.807) is 19.4 Å². The normalized spacial score (nSPS) is 11.2. The average Bonchev–Trinajstić information content (AvgIpc) is 2.72. The molecule has 0 bridgehead atoms. The SMILES string of the molecule is COc1ccc(C)c2c(/C=C/C(=O)O)c[nH]c12. The first-order chi connectivity index (χ1) is 8.13. The molecule has 0 saturated carbocycles. The number of benzene rings is 1. The zero-order valence-electron chi connectivity index (χ0n) is 9.65. The molecule has 0 amide bonds. The van der Waals surface area contributed by atoms with E-state index in [-0.39, 0.29) is 0 Å². The fourth-order valence-electron chi connectivity index (χ4n) is 1.89. The monoisotopic (exact) mass is 231 g/mol. The number of rotatable bonds is 3. The summed E-state index contributed by atoms with van der Waals surface area (Å²) in [4.78, 5) is 13.6. The molecular formula is C13H13NO3.